The van der Waals surface area contributed by atoms with Gasteiger partial charge in [-0.3, -0.25) is 4.79 Å². The fourth-order valence-electron chi connectivity index (χ4n) is 1.13. The highest BCUT2D eigenvalue weighted by molar-refractivity contribution is 5.73. The van der Waals surface area contributed by atoms with Crippen LogP contribution in [-0.2, 0) is 9.53 Å². The Labute approximate surface area is 78.1 Å². The van der Waals surface area contributed by atoms with E-state index in [9.17, 15) is 4.79 Å². The summed E-state index contributed by atoms with van der Waals surface area (Å²) in [6.45, 7) is 3.58. The van der Waals surface area contributed by atoms with E-state index in [1.54, 1.807) is 13.8 Å². The van der Waals surface area contributed by atoms with E-state index in [-0.39, 0.29) is 18.8 Å². The highest BCUT2D eigenvalue weighted by Gasteiger charge is 2.32. The predicted molar refractivity (Wildman–Crippen MR) is 48.4 cm³/mol. The van der Waals surface area contributed by atoms with Crippen molar-refractivity contribution in [1.29, 1.82) is 0 Å². The van der Waals surface area contributed by atoms with E-state index in [4.69, 9.17) is 15.6 Å². The van der Waals surface area contributed by atoms with E-state index in [1.165, 1.54) is 0 Å². The third-order valence-electron chi connectivity index (χ3n) is 2.39. The first-order chi connectivity index (χ1) is 5.92. The summed E-state index contributed by atoms with van der Waals surface area (Å²) in [7, 11) is 0. The number of ether oxygens (including phenoxy) is 1. The van der Waals surface area contributed by atoms with Gasteiger partial charge in [-0.15, -0.1) is 0 Å². The molecule has 13 heavy (non-hydrogen) atoms. The van der Waals surface area contributed by atoms with Crippen LogP contribution in [0.15, 0.2) is 0 Å². The van der Waals surface area contributed by atoms with Crippen molar-refractivity contribution in [2.24, 2.45) is 11.1 Å². The van der Waals surface area contributed by atoms with Crippen LogP contribution < -0.4 is 5.73 Å². The van der Waals surface area contributed by atoms with Gasteiger partial charge < -0.3 is 15.6 Å². The van der Waals surface area contributed by atoms with Gasteiger partial charge in [-0.1, -0.05) is 0 Å². The maximum Gasteiger partial charge on any atom is 0.311 e. The highest BCUT2D eigenvalue weighted by Crippen LogP contribution is 2.24. The molecule has 0 atom stereocenters. The van der Waals surface area contributed by atoms with Crippen molar-refractivity contribution in [3.63, 3.8) is 0 Å². The Balaban J connectivity index is 2.22. The number of hydrogen-bond acceptors (Lipinski definition) is 3. The van der Waals surface area contributed by atoms with Crippen LogP contribution in [0.25, 0.3) is 0 Å². The van der Waals surface area contributed by atoms with E-state index in [2.05, 4.69) is 0 Å². The number of carbonyl (C=O) groups is 1. The number of aliphatic carboxylic acids is 1. The zero-order valence-corrected chi connectivity index (χ0v) is 8.12. The van der Waals surface area contributed by atoms with Crippen LogP contribution in [0.5, 0.6) is 0 Å². The lowest BCUT2D eigenvalue weighted by atomic mass is 9.89. The van der Waals surface area contributed by atoms with Crippen molar-refractivity contribution in [3.8, 4) is 0 Å². The molecule has 1 fully saturated rings. The molecule has 0 unspecified atom stereocenters. The molecule has 0 aromatic rings. The van der Waals surface area contributed by atoms with Crippen LogP contribution >= 0.6 is 0 Å². The van der Waals surface area contributed by atoms with Crippen LogP contribution in [0.2, 0.25) is 0 Å². The topological polar surface area (TPSA) is 72.5 Å². The minimum Gasteiger partial charge on any atom is -0.481 e. The molecule has 0 radical (unpaired) electrons. The Kier molecular flexibility index (Phi) is 2.93. The summed E-state index contributed by atoms with van der Waals surface area (Å²) >= 11 is 0. The molecular weight excluding hydrogens is 170 g/mol. The van der Waals surface area contributed by atoms with Crippen molar-refractivity contribution in [3.05, 3.63) is 0 Å². The summed E-state index contributed by atoms with van der Waals surface area (Å²) in [6, 6.07) is 0.248. The lowest BCUT2D eigenvalue weighted by Crippen LogP contribution is -2.43. The smallest absolute Gasteiger partial charge is 0.311 e. The van der Waals surface area contributed by atoms with Gasteiger partial charge in [-0.25, -0.2) is 0 Å². The molecule has 1 rings (SSSR count). The summed E-state index contributed by atoms with van der Waals surface area (Å²) in [5.41, 5.74) is 4.78. The molecule has 3 N–H and O–H groups in total. The zero-order valence-electron chi connectivity index (χ0n) is 8.12. The van der Waals surface area contributed by atoms with Gasteiger partial charge >= 0.3 is 5.97 Å². The molecule has 0 spiro atoms. The van der Waals surface area contributed by atoms with Crippen LogP contribution in [0.1, 0.15) is 26.7 Å². The van der Waals surface area contributed by atoms with E-state index >= 15 is 0 Å². The van der Waals surface area contributed by atoms with Gasteiger partial charge in [-0.2, -0.15) is 0 Å². The lowest BCUT2D eigenvalue weighted by molar-refractivity contribution is -0.153. The van der Waals surface area contributed by atoms with Crippen molar-refractivity contribution in [1.82, 2.24) is 0 Å². The lowest BCUT2D eigenvalue weighted by Gasteiger charge is -2.34. The standard InChI is InChI=1S/C9H17NO3/c1-9(2,8(11)12)5-13-7-3-6(10)4-7/h6-7H,3-5,10H2,1-2H3,(H,11,12). The summed E-state index contributed by atoms with van der Waals surface area (Å²) in [5, 5.41) is 8.79. The maximum atomic E-state index is 10.7. The zero-order chi connectivity index (χ0) is 10.1. The number of nitrogens with two attached hydrogens (primary N) is 1. The van der Waals surface area contributed by atoms with E-state index in [1.807, 2.05) is 0 Å². The molecular formula is C9H17NO3. The SMILES string of the molecule is CC(C)(COC1CC(N)C1)C(=O)O. The average Bonchev–Trinajstić information content (AvgIpc) is 1.95. The second kappa shape index (κ2) is 3.64. The first-order valence-corrected chi connectivity index (χ1v) is 4.52. The minimum atomic E-state index is -0.823. The summed E-state index contributed by atoms with van der Waals surface area (Å²) in [5.74, 6) is -0.823. The van der Waals surface area contributed by atoms with Gasteiger partial charge in [0.15, 0.2) is 0 Å². The average molecular weight is 187 g/mol. The minimum absolute atomic E-state index is 0.175. The van der Waals surface area contributed by atoms with Crippen molar-refractivity contribution in [2.45, 2.75) is 38.8 Å². The van der Waals surface area contributed by atoms with Gasteiger partial charge in [0.2, 0.25) is 0 Å². The molecule has 4 nitrogen and oxygen atoms in total. The Hall–Kier alpha value is -0.610. The fraction of sp³-hybridized carbons (Fsp3) is 0.889. The number of hydrogen-bond donors (Lipinski definition) is 2. The molecule has 76 valence electrons. The van der Waals surface area contributed by atoms with Gasteiger partial charge in [-0.05, 0) is 26.7 Å². The third-order valence-corrected chi connectivity index (χ3v) is 2.39. The highest BCUT2D eigenvalue weighted by atomic mass is 16.5. The Morgan fingerprint density at radius 3 is 2.54 bits per heavy atom. The van der Waals surface area contributed by atoms with Crippen LogP contribution in [-0.4, -0.2) is 29.8 Å². The molecule has 4 heteroatoms. The normalized spacial score (nSPS) is 28.2. The Bertz CT molecular complexity index is 197. The van der Waals surface area contributed by atoms with Crippen LogP contribution in [0, 0.1) is 5.41 Å². The maximum absolute atomic E-state index is 10.7. The molecule has 0 saturated heterocycles. The summed E-state index contributed by atoms with van der Waals surface area (Å²) < 4.78 is 5.41. The van der Waals surface area contributed by atoms with Crippen LogP contribution in [0.3, 0.4) is 0 Å². The van der Waals surface area contributed by atoms with Crippen LogP contribution in [0.4, 0.5) is 0 Å². The molecule has 0 aromatic heterocycles. The largest absolute Gasteiger partial charge is 0.481 e. The van der Waals surface area contributed by atoms with Gasteiger partial charge in [0.25, 0.3) is 0 Å². The van der Waals surface area contributed by atoms with E-state index in [0.29, 0.717) is 0 Å². The van der Waals surface area contributed by atoms with Gasteiger partial charge in [0, 0.05) is 6.04 Å². The Morgan fingerprint density at radius 2 is 2.15 bits per heavy atom. The first-order valence-electron chi connectivity index (χ1n) is 4.52. The molecule has 1 saturated carbocycles. The summed E-state index contributed by atoms with van der Waals surface area (Å²) in [6.07, 6.45) is 1.89. The molecule has 0 aliphatic heterocycles. The molecule has 0 heterocycles. The van der Waals surface area contributed by atoms with E-state index < -0.39 is 11.4 Å². The van der Waals surface area contributed by atoms with Gasteiger partial charge in [0.05, 0.1) is 18.1 Å². The van der Waals surface area contributed by atoms with E-state index in [0.717, 1.165) is 12.8 Å². The predicted octanol–water partition coefficient (Wildman–Crippen LogP) is 0.603. The third kappa shape index (κ3) is 2.67. The molecule has 0 bridgehead atoms. The van der Waals surface area contributed by atoms with Crippen molar-refractivity contribution in [2.75, 3.05) is 6.61 Å². The number of carboxylic acid groups (broad SMARTS) is 1. The Morgan fingerprint density at radius 1 is 1.62 bits per heavy atom. The monoisotopic (exact) mass is 187 g/mol. The molecule has 1 aliphatic rings. The number of rotatable bonds is 4. The molecule has 1 aliphatic carbocycles. The molecule has 0 amide bonds. The van der Waals surface area contributed by atoms with Gasteiger partial charge in [0.1, 0.15) is 0 Å². The summed E-state index contributed by atoms with van der Waals surface area (Å²) in [4.78, 5) is 10.7. The quantitative estimate of drug-likeness (QED) is 0.676. The van der Waals surface area contributed by atoms with Crippen molar-refractivity contribution >= 4 is 5.97 Å². The fourth-order valence-corrected chi connectivity index (χ4v) is 1.13. The molecule has 0 aromatic carbocycles. The second-order valence-electron chi connectivity index (χ2n) is 4.35. The van der Waals surface area contributed by atoms with Crippen molar-refractivity contribution < 1.29 is 14.6 Å². The number of carboxylic acids is 1. The first kappa shape index (κ1) is 10.5. The second-order valence-corrected chi connectivity index (χ2v) is 4.35.